The third-order valence-electron chi connectivity index (χ3n) is 4.65. The first-order chi connectivity index (χ1) is 11.7. The molecule has 0 unspecified atom stereocenters. The summed E-state index contributed by atoms with van der Waals surface area (Å²) in [6.45, 7) is 2.44. The fourth-order valence-corrected chi connectivity index (χ4v) is 3.47. The average Bonchev–Trinajstić information content (AvgIpc) is 3.11. The van der Waals surface area contributed by atoms with Gasteiger partial charge in [-0.2, -0.15) is 0 Å². The SMILES string of the molecule is Cc1ccc2nc3c(c(C(=O)NCc4ccco4)c2c1)CCCC3. The molecule has 0 saturated carbocycles. The number of nitrogens with one attached hydrogen (secondary N) is 1. The van der Waals surface area contributed by atoms with Gasteiger partial charge in [0.2, 0.25) is 0 Å². The van der Waals surface area contributed by atoms with Crippen molar-refractivity contribution in [1.82, 2.24) is 10.3 Å². The van der Waals surface area contributed by atoms with E-state index in [9.17, 15) is 4.79 Å². The molecule has 0 saturated heterocycles. The topological polar surface area (TPSA) is 55.1 Å². The number of nitrogens with zero attached hydrogens (tertiary/aromatic N) is 1. The summed E-state index contributed by atoms with van der Waals surface area (Å²) >= 11 is 0. The molecule has 0 atom stereocenters. The lowest BCUT2D eigenvalue weighted by atomic mass is 9.89. The van der Waals surface area contributed by atoms with Gasteiger partial charge in [0.05, 0.1) is 23.9 Å². The molecule has 1 aromatic carbocycles. The van der Waals surface area contributed by atoms with Crippen LogP contribution in [0.1, 0.15) is 45.8 Å². The maximum atomic E-state index is 13.0. The van der Waals surface area contributed by atoms with Crippen molar-refractivity contribution in [3.05, 3.63) is 64.7 Å². The molecule has 0 spiro atoms. The zero-order chi connectivity index (χ0) is 16.5. The highest BCUT2D eigenvalue weighted by molar-refractivity contribution is 6.07. The summed E-state index contributed by atoms with van der Waals surface area (Å²) in [6, 6.07) is 9.83. The molecule has 24 heavy (non-hydrogen) atoms. The number of rotatable bonds is 3. The number of aryl methyl sites for hydroxylation is 2. The third-order valence-corrected chi connectivity index (χ3v) is 4.65. The Morgan fingerprint density at radius 1 is 1.25 bits per heavy atom. The summed E-state index contributed by atoms with van der Waals surface area (Å²) < 4.78 is 5.31. The van der Waals surface area contributed by atoms with E-state index in [0.29, 0.717) is 6.54 Å². The minimum atomic E-state index is -0.0393. The van der Waals surface area contributed by atoms with E-state index in [2.05, 4.69) is 17.4 Å². The third kappa shape index (κ3) is 2.68. The van der Waals surface area contributed by atoms with E-state index in [0.717, 1.165) is 64.7 Å². The first-order valence-electron chi connectivity index (χ1n) is 8.45. The van der Waals surface area contributed by atoms with Gasteiger partial charge in [-0.25, -0.2) is 0 Å². The number of fused-ring (bicyclic) bond motifs is 2. The number of carbonyl (C=O) groups is 1. The van der Waals surface area contributed by atoms with Crippen LogP contribution in [-0.2, 0) is 19.4 Å². The van der Waals surface area contributed by atoms with E-state index in [4.69, 9.17) is 9.40 Å². The number of carbonyl (C=O) groups excluding carboxylic acids is 1. The Balaban J connectivity index is 1.79. The number of hydrogen-bond donors (Lipinski definition) is 1. The van der Waals surface area contributed by atoms with Crippen molar-refractivity contribution in [3.8, 4) is 0 Å². The van der Waals surface area contributed by atoms with E-state index < -0.39 is 0 Å². The number of furan rings is 1. The number of amides is 1. The number of hydrogen-bond acceptors (Lipinski definition) is 3. The van der Waals surface area contributed by atoms with Crippen molar-refractivity contribution in [2.24, 2.45) is 0 Å². The molecule has 0 aliphatic heterocycles. The van der Waals surface area contributed by atoms with Gasteiger partial charge in [0.25, 0.3) is 5.91 Å². The van der Waals surface area contributed by atoms with Crippen molar-refractivity contribution in [1.29, 1.82) is 0 Å². The molecule has 1 amide bonds. The van der Waals surface area contributed by atoms with Crippen LogP contribution < -0.4 is 5.32 Å². The van der Waals surface area contributed by atoms with Crippen molar-refractivity contribution in [2.45, 2.75) is 39.2 Å². The molecule has 3 aromatic rings. The first kappa shape index (κ1) is 14.9. The maximum Gasteiger partial charge on any atom is 0.252 e. The van der Waals surface area contributed by atoms with Crippen LogP contribution >= 0.6 is 0 Å². The van der Waals surface area contributed by atoms with Gasteiger partial charge < -0.3 is 9.73 Å². The van der Waals surface area contributed by atoms with Crippen molar-refractivity contribution in [2.75, 3.05) is 0 Å². The van der Waals surface area contributed by atoms with Crippen LogP contribution in [0, 0.1) is 6.92 Å². The summed E-state index contributed by atoms with van der Waals surface area (Å²) in [7, 11) is 0. The molecule has 0 fully saturated rings. The Morgan fingerprint density at radius 2 is 2.12 bits per heavy atom. The zero-order valence-electron chi connectivity index (χ0n) is 13.8. The second-order valence-corrected chi connectivity index (χ2v) is 6.40. The summed E-state index contributed by atoms with van der Waals surface area (Å²) in [5.41, 5.74) is 5.05. The maximum absolute atomic E-state index is 13.0. The minimum Gasteiger partial charge on any atom is -0.467 e. The normalized spacial score (nSPS) is 13.7. The van der Waals surface area contributed by atoms with Gasteiger partial charge in [-0.3, -0.25) is 9.78 Å². The fraction of sp³-hybridized carbons (Fsp3) is 0.300. The molecule has 0 bridgehead atoms. The van der Waals surface area contributed by atoms with Gasteiger partial charge in [0.1, 0.15) is 5.76 Å². The Kier molecular flexibility index (Phi) is 3.81. The van der Waals surface area contributed by atoms with Gasteiger partial charge in [0.15, 0.2) is 0 Å². The lowest BCUT2D eigenvalue weighted by Crippen LogP contribution is -2.26. The molecule has 4 nitrogen and oxygen atoms in total. The monoisotopic (exact) mass is 320 g/mol. The van der Waals surface area contributed by atoms with Crippen molar-refractivity contribution >= 4 is 16.8 Å². The number of aromatic nitrogens is 1. The molecule has 122 valence electrons. The van der Waals surface area contributed by atoms with E-state index in [1.54, 1.807) is 6.26 Å². The zero-order valence-corrected chi connectivity index (χ0v) is 13.8. The average molecular weight is 320 g/mol. The predicted molar refractivity (Wildman–Crippen MR) is 93.0 cm³/mol. The highest BCUT2D eigenvalue weighted by Gasteiger charge is 2.22. The second kappa shape index (κ2) is 6.11. The standard InChI is InChI=1S/C20H20N2O2/c1-13-8-9-18-16(11-13)19(15-6-2-3-7-17(15)22-18)20(23)21-12-14-5-4-10-24-14/h4-5,8-11H,2-3,6-7,12H2,1H3,(H,21,23). The van der Waals surface area contributed by atoms with Crippen LogP contribution in [0.25, 0.3) is 10.9 Å². The molecule has 2 heterocycles. The Labute approximate surface area is 140 Å². The van der Waals surface area contributed by atoms with E-state index in [1.807, 2.05) is 25.1 Å². The fourth-order valence-electron chi connectivity index (χ4n) is 3.47. The lowest BCUT2D eigenvalue weighted by Gasteiger charge is -2.20. The van der Waals surface area contributed by atoms with E-state index in [-0.39, 0.29) is 5.91 Å². The van der Waals surface area contributed by atoms with Gasteiger partial charge in [0, 0.05) is 11.1 Å². The summed E-state index contributed by atoms with van der Waals surface area (Å²) in [6.07, 6.45) is 5.76. The van der Waals surface area contributed by atoms with Crippen LogP contribution in [0.2, 0.25) is 0 Å². The van der Waals surface area contributed by atoms with Crippen LogP contribution in [-0.4, -0.2) is 10.9 Å². The summed E-state index contributed by atoms with van der Waals surface area (Å²) in [4.78, 5) is 17.8. The van der Waals surface area contributed by atoms with Gasteiger partial charge in [-0.05, 0) is 62.4 Å². The quantitative estimate of drug-likeness (QED) is 0.795. The summed E-state index contributed by atoms with van der Waals surface area (Å²) in [5, 5.41) is 3.95. The van der Waals surface area contributed by atoms with Crippen LogP contribution in [0.3, 0.4) is 0 Å². The Morgan fingerprint density at radius 3 is 2.96 bits per heavy atom. The second-order valence-electron chi connectivity index (χ2n) is 6.40. The van der Waals surface area contributed by atoms with Crippen LogP contribution in [0.5, 0.6) is 0 Å². The molecule has 1 aliphatic rings. The highest BCUT2D eigenvalue weighted by Crippen LogP contribution is 2.29. The smallest absolute Gasteiger partial charge is 0.252 e. The minimum absolute atomic E-state index is 0.0393. The van der Waals surface area contributed by atoms with Gasteiger partial charge >= 0.3 is 0 Å². The largest absolute Gasteiger partial charge is 0.467 e. The van der Waals surface area contributed by atoms with Crippen molar-refractivity contribution < 1.29 is 9.21 Å². The summed E-state index contributed by atoms with van der Waals surface area (Å²) in [5.74, 6) is 0.717. The Bertz CT molecular complexity index is 898. The molecule has 1 N–H and O–H groups in total. The van der Waals surface area contributed by atoms with Crippen LogP contribution in [0.4, 0.5) is 0 Å². The van der Waals surface area contributed by atoms with E-state index >= 15 is 0 Å². The predicted octanol–water partition coefficient (Wildman–Crippen LogP) is 3.95. The molecule has 4 rings (SSSR count). The van der Waals surface area contributed by atoms with Gasteiger partial charge in [-0.15, -0.1) is 0 Å². The lowest BCUT2D eigenvalue weighted by molar-refractivity contribution is 0.0948. The van der Waals surface area contributed by atoms with E-state index in [1.165, 1.54) is 0 Å². The Hall–Kier alpha value is -2.62. The molecular weight excluding hydrogens is 300 g/mol. The van der Waals surface area contributed by atoms with Crippen LogP contribution in [0.15, 0.2) is 41.0 Å². The number of benzene rings is 1. The van der Waals surface area contributed by atoms with Gasteiger partial charge in [-0.1, -0.05) is 11.6 Å². The molecular formula is C20H20N2O2. The molecule has 0 radical (unpaired) electrons. The molecule has 1 aliphatic carbocycles. The molecule has 4 heteroatoms. The molecule has 2 aromatic heterocycles. The highest BCUT2D eigenvalue weighted by atomic mass is 16.3. The first-order valence-corrected chi connectivity index (χ1v) is 8.45. The number of pyridine rings is 1. The van der Waals surface area contributed by atoms with Crippen molar-refractivity contribution in [3.63, 3.8) is 0 Å².